The third kappa shape index (κ3) is 3.99. The van der Waals surface area contributed by atoms with Crippen molar-refractivity contribution in [3.05, 3.63) is 52.5 Å². The van der Waals surface area contributed by atoms with Gasteiger partial charge >= 0.3 is 0 Å². The number of fused-ring (bicyclic) bond motifs is 1. The van der Waals surface area contributed by atoms with Crippen LogP contribution in [0.1, 0.15) is 17.3 Å². The molecule has 0 aliphatic carbocycles. The molecular weight excluding hydrogens is 398 g/mol. The molecule has 0 aromatic heterocycles. The maximum Gasteiger partial charge on any atom is 0.251 e. The van der Waals surface area contributed by atoms with Crippen LogP contribution in [0.5, 0.6) is 5.75 Å². The lowest BCUT2D eigenvalue weighted by Gasteiger charge is -2.33. The molecule has 7 heteroatoms. The summed E-state index contributed by atoms with van der Waals surface area (Å²) in [6, 6.07) is 12.6. The minimum Gasteiger partial charge on any atom is -0.492 e. The molecule has 26 heavy (non-hydrogen) atoms. The van der Waals surface area contributed by atoms with Gasteiger partial charge in [-0.25, -0.2) is 0 Å². The van der Waals surface area contributed by atoms with Gasteiger partial charge in [-0.2, -0.15) is 0 Å². The number of hydrogen-bond acceptors (Lipinski definition) is 4. The molecule has 0 fully saturated rings. The van der Waals surface area contributed by atoms with E-state index in [2.05, 4.69) is 26.6 Å². The zero-order valence-corrected chi connectivity index (χ0v) is 16.2. The number of likely N-dealkylation sites (N-methyl/N-ethyl adjacent to an activating group) is 1. The molecule has 0 unspecified atom stereocenters. The quantitative estimate of drug-likeness (QED) is 0.733. The molecule has 1 aliphatic rings. The molecule has 1 heterocycles. The molecule has 136 valence electrons. The molecule has 1 aliphatic heterocycles. The summed E-state index contributed by atoms with van der Waals surface area (Å²) in [7, 11) is 1.86. The van der Waals surface area contributed by atoms with Crippen LogP contribution in [-0.4, -0.2) is 38.1 Å². The van der Waals surface area contributed by atoms with Gasteiger partial charge in [-0.15, -0.1) is 0 Å². The molecule has 0 saturated heterocycles. The Bertz CT molecular complexity index is 841. The van der Waals surface area contributed by atoms with Gasteiger partial charge in [0.2, 0.25) is 5.91 Å². The van der Waals surface area contributed by atoms with Crippen LogP contribution in [0.15, 0.2) is 46.9 Å². The van der Waals surface area contributed by atoms with Gasteiger partial charge in [0, 0.05) is 17.1 Å². The normalized spacial score (nSPS) is 15.9. The summed E-state index contributed by atoms with van der Waals surface area (Å²) in [5.41, 5.74) is 2.04. The predicted octanol–water partition coefficient (Wildman–Crippen LogP) is 3.03. The van der Waals surface area contributed by atoms with E-state index in [1.165, 1.54) is 0 Å². The lowest BCUT2D eigenvalue weighted by molar-refractivity contribution is -0.117. The summed E-state index contributed by atoms with van der Waals surface area (Å²) in [5, 5.41) is 5.66. The average molecular weight is 418 g/mol. The smallest absolute Gasteiger partial charge is 0.251 e. The highest BCUT2D eigenvalue weighted by Gasteiger charge is 2.27. The zero-order chi connectivity index (χ0) is 18.7. The van der Waals surface area contributed by atoms with Crippen LogP contribution in [-0.2, 0) is 4.79 Å². The summed E-state index contributed by atoms with van der Waals surface area (Å²) in [6.07, 6.45) is 0. The first-order valence-corrected chi connectivity index (χ1v) is 9.09. The van der Waals surface area contributed by atoms with Crippen molar-refractivity contribution in [1.29, 1.82) is 0 Å². The van der Waals surface area contributed by atoms with Gasteiger partial charge in [-0.3, -0.25) is 9.59 Å². The van der Waals surface area contributed by atoms with Crippen LogP contribution >= 0.6 is 15.9 Å². The van der Waals surface area contributed by atoms with E-state index in [9.17, 15) is 9.59 Å². The Hall–Kier alpha value is -2.54. The van der Waals surface area contributed by atoms with Gasteiger partial charge in [0.15, 0.2) is 0 Å². The van der Waals surface area contributed by atoms with Crippen LogP contribution < -0.4 is 20.3 Å². The fourth-order valence-corrected chi connectivity index (χ4v) is 3.08. The molecule has 2 aromatic rings. The summed E-state index contributed by atoms with van der Waals surface area (Å²) in [4.78, 5) is 26.2. The summed E-state index contributed by atoms with van der Waals surface area (Å²) >= 11 is 3.38. The summed E-state index contributed by atoms with van der Waals surface area (Å²) < 4.78 is 6.53. The second-order valence-electron chi connectivity index (χ2n) is 6.07. The highest BCUT2D eigenvalue weighted by Crippen LogP contribution is 2.31. The third-order valence-corrected chi connectivity index (χ3v) is 4.80. The number of benzene rings is 2. The van der Waals surface area contributed by atoms with Gasteiger partial charge < -0.3 is 20.3 Å². The molecule has 6 nitrogen and oxygen atoms in total. The highest BCUT2D eigenvalue weighted by molar-refractivity contribution is 9.10. The van der Waals surface area contributed by atoms with Gasteiger partial charge in [-0.1, -0.05) is 22.0 Å². The van der Waals surface area contributed by atoms with Crippen molar-refractivity contribution in [2.24, 2.45) is 0 Å². The lowest BCUT2D eigenvalue weighted by Crippen LogP contribution is -2.44. The number of nitrogens with zero attached hydrogens (tertiary/aromatic N) is 1. The Balaban J connectivity index is 1.57. The maximum absolute atomic E-state index is 12.3. The Labute approximate surface area is 160 Å². The number of nitrogens with one attached hydrogen (secondary N) is 2. The first kappa shape index (κ1) is 18.3. The maximum atomic E-state index is 12.3. The molecule has 2 amide bonds. The molecule has 0 saturated carbocycles. The number of carbonyl (C=O) groups is 2. The molecule has 0 bridgehead atoms. The van der Waals surface area contributed by atoms with Crippen molar-refractivity contribution in [2.45, 2.75) is 13.0 Å². The Kier molecular flexibility index (Phi) is 5.46. The molecule has 1 atom stereocenters. The predicted molar refractivity (Wildman–Crippen MR) is 105 cm³/mol. The van der Waals surface area contributed by atoms with Crippen molar-refractivity contribution < 1.29 is 14.3 Å². The number of ether oxygens (including phenoxy) is 1. The molecule has 0 spiro atoms. The largest absolute Gasteiger partial charge is 0.492 e. The van der Waals surface area contributed by atoms with E-state index >= 15 is 0 Å². The van der Waals surface area contributed by atoms with Gasteiger partial charge in [0.05, 0.1) is 17.9 Å². The third-order valence-electron chi connectivity index (χ3n) is 4.31. The lowest BCUT2D eigenvalue weighted by atomic mass is 10.1. The topological polar surface area (TPSA) is 70.7 Å². The molecule has 2 N–H and O–H groups in total. The number of rotatable bonds is 5. The van der Waals surface area contributed by atoms with E-state index in [1.54, 1.807) is 12.1 Å². The Morgan fingerprint density at radius 1 is 1.31 bits per heavy atom. The SMILES string of the molecule is C[C@H]1C(=O)Nc2cc(C(=O)NCCOc3cccc(Br)c3)ccc2N1C. The monoisotopic (exact) mass is 417 g/mol. The minimum atomic E-state index is -0.239. The van der Waals surface area contributed by atoms with Gasteiger partial charge in [0.25, 0.3) is 5.91 Å². The average Bonchev–Trinajstić information content (AvgIpc) is 2.63. The van der Waals surface area contributed by atoms with E-state index in [-0.39, 0.29) is 17.9 Å². The standard InChI is InChI=1S/C19H20BrN3O3/c1-12-18(24)22-16-10-13(6-7-17(16)23(12)2)19(25)21-8-9-26-15-5-3-4-14(20)11-15/h3-7,10-12H,8-9H2,1-2H3,(H,21,25)(H,22,24)/t12-/m0/s1. The van der Waals surface area contributed by atoms with E-state index in [0.29, 0.717) is 24.4 Å². The van der Waals surface area contributed by atoms with Crippen LogP contribution in [0.2, 0.25) is 0 Å². The van der Waals surface area contributed by atoms with Gasteiger partial charge in [-0.05, 0) is 43.3 Å². The number of carbonyl (C=O) groups excluding carboxylic acids is 2. The van der Waals surface area contributed by atoms with Crippen molar-refractivity contribution in [1.82, 2.24) is 5.32 Å². The van der Waals surface area contributed by atoms with Crippen LogP contribution in [0.4, 0.5) is 11.4 Å². The fraction of sp³-hybridized carbons (Fsp3) is 0.263. The van der Waals surface area contributed by atoms with E-state index in [1.807, 2.05) is 49.2 Å². The fourth-order valence-electron chi connectivity index (χ4n) is 2.70. The van der Waals surface area contributed by atoms with E-state index in [4.69, 9.17) is 4.74 Å². The van der Waals surface area contributed by atoms with Crippen LogP contribution in [0.3, 0.4) is 0 Å². The number of halogens is 1. The second-order valence-corrected chi connectivity index (χ2v) is 6.99. The first-order valence-electron chi connectivity index (χ1n) is 8.30. The molecule has 3 rings (SSSR count). The molecule has 0 radical (unpaired) electrons. The van der Waals surface area contributed by atoms with Crippen LogP contribution in [0, 0.1) is 0 Å². The van der Waals surface area contributed by atoms with Gasteiger partial charge in [0.1, 0.15) is 18.4 Å². The van der Waals surface area contributed by atoms with Crippen molar-refractivity contribution in [3.63, 3.8) is 0 Å². The summed E-state index contributed by atoms with van der Waals surface area (Å²) in [6.45, 7) is 2.58. The minimum absolute atomic E-state index is 0.0834. The van der Waals surface area contributed by atoms with Crippen molar-refractivity contribution >= 4 is 39.1 Å². The zero-order valence-electron chi connectivity index (χ0n) is 14.6. The van der Waals surface area contributed by atoms with E-state index < -0.39 is 0 Å². The Morgan fingerprint density at radius 2 is 2.12 bits per heavy atom. The number of anilines is 2. The summed E-state index contributed by atoms with van der Waals surface area (Å²) in [5.74, 6) is 0.448. The highest BCUT2D eigenvalue weighted by atomic mass is 79.9. The van der Waals surface area contributed by atoms with Crippen molar-refractivity contribution in [3.8, 4) is 5.75 Å². The van der Waals surface area contributed by atoms with Crippen LogP contribution in [0.25, 0.3) is 0 Å². The first-order chi connectivity index (χ1) is 12.5. The second kappa shape index (κ2) is 7.78. The van der Waals surface area contributed by atoms with E-state index in [0.717, 1.165) is 15.9 Å². The number of amides is 2. The number of hydrogen-bond donors (Lipinski definition) is 2. The Morgan fingerprint density at radius 3 is 2.88 bits per heavy atom. The van der Waals surface area contributed by atoms with Crippen molar-refractivity contribution in [2.75, 3.05) is 30.4 Å². The molecule has 2 aromatic carbocycles. The molecular formula is C19H20BrN3O3.